The number of alkyl halides is 3. The Balaban J connectivity index is 1.52. The number of piperidine rings is 1. The second-order valence-corrected chi connectivity index (χ2v) is 9.58. The molecule has 0 aliphatic carbocycles. The van der Waals surface area contributed by atoms with Crippen molar-refractivity contribution in [3.63, 3.8) is 0 Å². The van der Waals surface area contributed by atoms with Crippen molar-refractivity contribution in [3.8, 4) is 11.5 Å². The molecule has 176 valence electrons. The van der Waals surface area contributed by atoms with E-state index in [4.69, 9.17) is 9.88 Å². The lowest BCUT2D eigenvalue weighted by atomic mass is 9.98. The van der Waals surface area contributed by atoms with Crippen molar-refractivity contribution in [1.82, 2.24) is 18.6 Å². The fraction of sp³-hybridized carbons (Fsp3) is 0.316. The predicted octanol–water partition coefficient (Wildman–Crippen LogP) is 3.87. The van der Waals surface area contributed by atoms with E-state index in [0.717, 1.165) is 17.6 Å². The molecule has 2 aromatic heterocycles. The molecule has 0 bridgehead atoms. The molecule has 3 N–H and O–H groups in total. The summed E-state index contributed by atoms with van der Waals surface area (Å²) in [6, 6.07) is 9.24. The van der Waals surface area contributed by atoms with E-state index in [-0.39, 0.29) is 30.6 Å². The number of pyridine rings is 1. The zero-order chi connectivity index (χ0) is 23.6. The SMILES string of the molecule is NS(=O)(=O)N1CCC(c2nsc(Nc3ncc(C(F)(F)F)cc3Oc3ccccc3)n2)CC1. The van der Waals surface area contributed by atoms with Gasteiger partial charge in [0.2, 0.25) is 5.13 Å². The van der Waals surface area contributed by atoms with Crippen molar-refractivity contribution in [1.29, 1.82) is 0 Å². The lowest BCUT2D eigenvalue weighted by Crippen LogP contribution is -2.41. The van der Waals surface area contributed by atoms with Gasteiger partial charge < -0.3 is 10.1 Å². The number of halogens is 3. The molecule has 0 spiro atoms. The van der Waals surface area contributed by atoms with Gasteiger partial charge in [0.25, 0.3) is 10.2 Å². The van der Waals surface area contributed by atoms with Crippen LogP contribution >= 0.6 is 11.5 Å². The molecular weight excluding hydrogens is 481 g/mol. The Labute approximate surface area is 191 Å². The second kappa shape index (κ2) is 9.21. The topological polar surface area (TPSA) is 123 Å². The summed E-state index contributed by atoms with van der Waals surface area (Å²) in [7, 11) is -3.73. The number of anilines is 2. The highest BCUT2D eigenvalue weighted by Gasteiger charge is 2.32. The van der Waals surface area contributed by atoms with Crippen LogP contribution in [0.3, 0.4) is 0 Å². The maximum atomic E-state index is 13.2. The van der Waals surface area contributed by atoms with Gasteiger partial charge in [-0.15, -0.1) is 0 Å². The fourth-order valence-electron chi connectivity index (χ4n) is 3.31. The highest BCUT2D eigenvalue weighted by atomic mass is 32.2. The van der Waals surface area contributed by atoms with E-state index >= 15 is 0 Å². The Bertz CT molecular complexity index is 1210. The molecule has 3 heterocycles. The summed E-state index contributed by atoms with van der Waals surface area (Å²) in [6.07, 6.45) is -2.85. The Morgan fingerprint density at radius 3 is 2.52 bits per heavy atom. The third-order valence-electron chi connectivity index (χ3n) is 5.00. The van der Waals surface area contributed by atoms with Crippen molar-refractivity contribution >= 4 is 32.7 Å². The van der Waals surface area contributed by atoms with Crippen molar-refractivity contribution in [2.75, 3.05) is 18.4 Å². The number of nitrogens with zero attached hydrogens (tertiary/aromatic N) is 4. The number of benzene rings is 1. The van der Waals surface area contributed by atoms with Gasteiger partial charge in [0, 0.05) is 36.7 Å². The summed E-state index contributed by atoms with van der Waals surface area (Å²) in [5.74, 6) is 0.749. The predicted molar refractivity (Wildman–Crippen MR) is 116 cm³/mol. The molecule has 0 radical (unpaired) electrons. The Hall–Kier alpha value is -2.81. The highest BCUT2D eigenvalue weighted by molar-refractivity contribution is 7.86. The van der Waals surface area contributed by atoms with Crippen molar-refractivity contribution in [3.05, 3.63) is 54.0 Å². The maximum absolute atomic E-state index is 13.2. The monoisotopic (exact) mass is 500 g/mol. The number of hydrogen-bond acceptors (Lipinski definition) is 8. The molecule has 1 aliphatic heterocycles. The number of rotatable bonds is 6. The standard InChI is InChI=1S/C19H19F3N6O3S2/c20-19(21,22)13-10-15(31-14-4-2-1-3-5-14)17(24-11-13)26-18-25-16(27-32-18)12-6-8-28(9-7-12)33(23,29)30/h1-5,10-12H,6-9H2,(H2,23,29,30)(H,24,25,26,27). The Morgan fingerprint density at radius 2 is 1.88 bits per heavy atom. The first kappa shape index (κ1) is 23.4. The third-order valence-corrected chi connectivity index (χ3v) is 6.73. The lowest BCUT2D eigenvalue weighted by molar-refractivity contribution is -0.137. The van der Waals surface area contributed by atoms with Crippen LogP contribution in [0.15, 0.2) is 42.6 Å². The molecule has 0 amide bonds. The maximum Gasteiger partial charge on any atom is 0.418 e. The summed E-state index contributed by atoms with van der Waals surface area (Å²) in [4.78, 5) is 8.31. The molecule has 0 unspecified atom stereocenters. The van der Waals surface area contributed by atoms with Gasteiger partial charge in [-0.2, -0.15) is 30.3 Å². The fourth-order valence-corrected chi connectivity index (χ4v) is 4.67. The smallest absolute Gasteiger partial charge is 0.418 e. The van der Waals surface area contributed by atoms with E-state index < -0.39 is 21.9 Å². The number of ether oxygens (including phenoxy) is 1. The first-order valence-corrected chi connectivity index (χ1v) is 12.1. The summed E-state index contributed by atoms with van der Waals surface area (Å²) < 4.78 is 73.7. The van der Waals surface area contributed by atoms with Gasteiger partial charge in [-0.25, -0.2) is 15.1 Å². The summed E-state index contributed by atoms with van der Waals surface area (Å²) in [5, 5.41) is 8.36. The molecule has 1 saturated heterocycles. The summed E-state index contributed by atoms with van der Waals surface area (Å²) >= 11 is 1.02. The van der Waals surface area contributed by atoms with Crippen LogP contribution < -0.4 is 15.2 Å². The molecule has 1 aromatic carbocycles. The van der Waals surface area contributed by atoms with Crippen LogP contribution in [-0.2, 0) is 16.4 Å². The first-order valence-electron chi connectivity index (χ1n) is 9.78. The summed E-state index contributed by atoms with van der Waals surface area (Å²) in [5.41, 5.74) is -0.946. The quantitative estimate of drug-likeness (QED) is 0.527. The molecular formula is C19H19F3N6O3S2. The van der Waals surface area contributed by atoms with Crippen LogP contribution in [0.1, 0.15) is 30.1 Å². The number of nitrogens with one attached hydrogen (secondary N) is 1. The van der Waals surface area contributed by atoms with Gasteiger partial charge in [0.05, 0.1) is 5.56 Å². The first-order chi connectivity index (χ1) is 15.6. The molecule has 1 aliphatic rings. The van der Waals surface area contributed by atoms with Crippen molar-refractivity contribution in [2.24, 2.45) is 5.14 Å². The van der Waals surface area contributed by atoms with Crippen molar-refractivity contribution in [2.45, 2.75) is 24.9 Å². The van der Waals surface area contributed by atoms with Crippen LogP contribution in [0.25, 0.3) is 0 Å². The number of hydrogen-bond donors (Lipinski definition) is 2. The number of nitrogens with two attached hydrogens (primary N) is 1. The normalized spacial score (nSPS) is 16.0. The second-order valence-electron chi connectivity index (χ2n) is 7.28. The summed E-state index contributed by atoms with van der Waals surface area (Å²) in [6.45, 7) is 0.530. The van der Waals surface area contributed by atoms with Gasteiger partial charge in [-0.1, -0.05) is 18.2 Å². The average Bonchev–Trinajstić information content (AvgIpc) is 3.23. The van der Waals surface area contributed by atoms with E-state index in [1.54, 1.807) is 30.3 Å². The van der Waals surface area contributed by atoms with Crippen molar-refractivity contribution < 1.29 is 26.3 Å². The highest BCUT2D eigenvalue weighted by Crippen LogP contribution is 2.37. The van der Waals surface area contributed by atoms with Crippen LogP contribution in [0, 0.1) is 0 Å². The van der Waals surface area contributed by atoms with Gasteiger partial charge in [0.1, 0.15) is 11.6 Å². The molecule has 9 nitrogen and oxygen atoms in total. The van der Waals surface area contributed by atoms with E-state index in [1.807, 2.05) is 0 Å². The third kappa shape index (κ3) is 5.76. The zero-order valence-electron chi connectivity index (χ0n) is 17.0. The van der Waals surface area contributed by atoms with Crippen LogP contribution in [-0.4, -0.2) is 40.2 Å². The van der Waals surface area contributed by atoms with E-state index in [2.05, 4.69) is 19.7 Å². The van der Waals surface area contributed by atoms with Crippen LogP contribution in [0.4, 0.5) is 24.1 Å². The van der Waals surface area contributed by atoms with Crippen LogP contribution in [0.2, 0.25) is 0 Å². The van der Waals surface area contributed by atoms with Gasteiger partial charge in [-0.3, -0.25) is 0 Å². The van der Waals surface area contributed by atoms with E-state index in [1.165, 1.54) is 4.31 Å². The minimum atomic E-state index is -4.58. The minimum absolute atomic E-state index is 0.0543. The van der Waals surface area contributed by atoms with E-state index in [9.17, 15) is 21.6 Å². The Morgan fingerprint density at radius 1 is 1.18 bits per heavy atom. The largest absolute Gasteiger partial charge is 0.453 e. The van der Waals surface area contributed by atoms with Gasteiger partial charge in [-0.05, 0) is 31.0 Å². The van der Waals surface area contributed by atoms with Crippen LogP contribution in [0.5, 0.6) is 11.5 Å². The minimum Gasteiger partial charge on any atom is -0.453 e. The van der Waals surface area contributed by atoms with E-state index in [0.29, 0.717) is 35.7 Å². The zero-order valence-corrected chi connectivity index (χ0v) is 18.6. The number of aromatic nitrogens is 3. The average molecular weight is 501 g/mol. The molecule has 0 atom stereocenters. The van der Waals surface area contributed by atoms with Gasteiger partial charge in [0.15, 0.2) is 11.6 Å². The van der Waals surface area contributed by atoms with Gasteiger partial charge >= 0.3 is 6.18 Å². The molecule has 14 heteroatoms. The lowest BCUT2D eigenvalue weighted by Gasteiger charge is -2.28. The molecule has 1 fully saturated rings. The molecule has 4 rings (SSSR count). The molecule has 0 saturated carbocycles. The Kier molecular flexibility index (Phi) is 6.52. The number of para-hydroxylation sites is 1. The molecule has 33 heavy (non-hydrogen) atoms. The molecule has 3 aromatic rings.